The Morgan fingerprint density at radius 2 is 1.89 bits per heavy atom. The van der Waals surface area contributed by atoms with Crippen molar-refractivity contribution in [2.45, 2.75) is 44.6 Å². The Kier molecular flexibility index (Phi) is 11.9. The number of aliphatic imine (C=N–C) groups is 1. The highest BCUT2D eigenvalue weighted by molar-refractivity contribution is 14.0. The number of carbonyl (C=O) groups excluding carboxylic acids is 1. The van der Waals surface area contributed by atoms with Crippen molar-refractivity contribution >= 4 is 35.8 Å². The zero-order valence-corrected chi connectivity index (χ0v) is 18.8. The van der Waals surface area contributed by atoms with E-state index in [2.05, 4.69) is 15.6 Å². The normalized spacial score (nSPS) is 14.8. The first-order chi connectivity index (χ1) is 12.6. The number of ether oxygens (including phenoxy) is 1. The van der Waals surface area contributed by atoms with Crippen LogP contribution in [-0.2, 0) is 4.79 Å². The third kappa shape index (κ3) is 9.83. The highest BCUT2D eigenvalue weighted by Crippen LogP contribution is 2.17. The summed E-state index contributed by atoms with van der Waals surface area (Å²) in [7, 11) is 3.50. The molecule has 2 N–H and O–H groups in total. The number of likely N-dealkylation sites (N-methyl/N-ethyl adjacent to an activating group) is 1. The number of carbonyl (C=O) groups is 1. The minimum absolute atomic E-state index is 0. The predicted molar refractivity (Wildman–Crippen MR) is 121 cm³/mol. The zero-order valence-electron chi connectivity index (χ0n) is 16.4. The van der Waals surface area contributed by atoms with Crippen LogP contribution in [0.4, 0.5) is 0 Å². The van der Waals surface area contributed by atoms with Crippen molar-refractivity contribution in [3.8, 4) is 5.75 Å². The summed E-state index contributed by atoms with van der Waals surface area (Å²) in [6.45, 7) is 1.56. The average Bonchev–Trinajstić information content (AvgIpc) is 2.67. The summed E-state index contributed by atoms with van der Waals surface area (Å²) >= 11 is 0. The largest absolute Gasteiger partial charge is 0.494 e. The summed E-state index contributed by atoms with van der Waals surface area (Å²) in [4.78, 5) is 17.8. The van der Waals surface area contributed by atoms with Crippen LogP contribution in [0.2, 0.25) is 0 Å². The Bertz CT molecular complexity index is 560. The van der Waals surface area contributed by atoms with Crippen LogP contribution in [-0.4, -0.2) is 56.6 Å². The SMILES string of the molecule is CN(C)C(=O)CN=C(NCCCOc1ccccc1)NC1CCCCC1.I. The fraction of sp³-hybridized carbons (Fsp3) is 0.600. The average molecular weight is 488 g/mol. The molecular formula is C20H33IN4O2. The Morgan fingerprint density at radius 1 is 1.19 bits per heavy atom. The Hall–Kier alpha value is -1.51. The van der Waals surface area contributed by atoms with E-state index in [0.717, 1.165) is 24.7 Å². The number of halogens is 1. The summed E-state index contributed by atoms with van der Waals surface area (Å²) in [6.07, 6.45) is 7.02. The predicted octanol–water partition coefficient (Wildman–Crippen LogP) is 3.03. The number of guanidine groups is 1. The highest BCUT2D eigenvalue weighted by Gasteiger charge is 2.15. The summed E-state index contributed by atoms with van der Waals surface area (Å²) in [5.74, 6) is 1.62. The van der Waals surface area contributed by atoms with Gasteiger partial charge in [-0.3, -0.25) is 4.79 Å². The standard InChI is InChI=1S/C20H32N4O2.HI/c1-24(2)19(25)16-22-20(23-17-10-5-3-6-11-17)21-14-9-15-26-18-12-7-4-8-13-18;/h4,7-8,12-13,17H,3,5-6,9-11,14-16H2,1-2H3,(H2,21,22,23);1H. The van der Waals surface area contributed by atoms with Gasteiger partial charge in [-0.2, -0.15) is 0 Å². The summed E-state index contributed by atoms with van der Waals surface area (Å²) < 4.78 is 5.71. The van der Waals surface area contributed by atoms with E-state index in [-0.39, 0.29) is 36.4 Å². The van der Waals surface area contributed by atoms with E-state index in [9.17, 15) is 4.79 Å². The molecule has 6 nitrogen and oxygen atoms in total. The monoisotopic (exact) mass is 488 g/mol. The Morgan fingerprint density at radius 3 is 2.56 bits per heavy atom. The van der Waals surface area contributed by atoms with Gasteiger partial charge in [-0.25, -0.2) is 4.99 Å². The molecule has 152 valence electrons. The smallest absolute Gasteiger partial charge is 0.243 e. The lowest BCUT2D eigenvalue weighted by Gasteiger charge is -2.25. The molecule has 0 bridgehead atoms. The molecule has 0 saturated heterocycles. The number of nitrogens with zero attached hydrogens (tertiary/aromatic N) is 2. The Labute approximate surface area is 180 Å². The van der Waals surface area contributed by atoms with Crippen LogP contribution in [0.25, 0.3) is 0 Å². The fourth-order valence-electron chi connectivity index (χ4n) is 2.87. The highest BCUT2D eigenvalue weighted by atomic mass is 127. The molecule has 1 aliphatic rings. The van der Waals surface area contributed by atoms with Gasteiger partial charge >= 0.3 is 0 Å². The molecule has 1 fully saturated rings. The van der Waals surface area contributed by atoms with Crippen molar-refractivity contribution < 1.29 is 9.53 Å². The van der Waals surface area contributed by atoms with Crippen molar-refractivity contribution in [3.63, 3.8) is 0 Å². The molecule has 0 unspecified atom stereocenters. The van der Waals surface area contributed by atoms with Gasteiger partial charge in [-0.05, 0) is 31.4 Å². The van der Waals surface area contributed by atoms with Crippen molar-refractivity contribution in [3.05, 3.63) is 30.3 Å². The van der Waals surface area contributed by atoms with Gasteiger partial charge in [0.1, 0.15) is 12.3 Å². The topological polar surface area (TPSA) is 66.0 Å². The van der Waals surface area contributed by atoms with Crippen molar-refractivity contribution in [2.24, 2.45) is 4.99 Å². The maximum atomic E-state index is 11.8. The molecule has 1 aliphatic carbocycles. The van der Waals surface area contributed by atoms with Crippen LogP contribution < -0.4 is 15.4 Å². The van der Waals surface area contributed by atoms with Crippen LogP contribution in [0.5, 0.6) is 5.75 Å². The second-order valence-corrected chi connectivity index (χ2v) is 6.87. The third-order valence-corrected chi connectivity index (χ3v) is 4.44. The first-order valence-corrected chi connectivity index (χ1v) is 9.58. The fourth-order valence-corrected chi connectivity index (χ4v) is 2.87. The second-order valence-electron chi connectivity index (χ2n) is 6.87. The van der Waals surface area contributed by atoms with E-state index in [4.69, 9.17) is 4.74 Å². The van der Waals surface area contributed by atoms with Gasteiger partial charge < -0.3 is 20.3 Å². The number of rotatable bonds is 8. The molecular weight excluding hydrogens is 455 g/mol. The van der Waals surface area contributed by atoms with Gasteiger partial charge in [-0.1, -0.05) is 37.5 Å². The van der Waals surface area contributed by atoms with Crippen LogP contribution in [0.15, 0.2) is 35.3 Å². The van der Waals surface area contributed by atoms with Gasteiger partial charge in [0, 0.05) is 26.7 Å². The number of nitrogens with one attached hydrogen (secondary N) is 2. The number of para-hydroxylation sites is 1. The molecule has 0 radical (unpaired) electrons. The molecule has 2 rings (SSSR count). The minimum Gasteiger partial charge on any atom is -0.494 e. The van der Waals surface area contributed by atoms with Crippen LogP contribution in [0.3, 0.4) is 0 Å². The Balaban J connectivity index is 0.00000364. The van der Waals surface area contributed by atoms with Gasteiger partial charge in [-0.15, -0.1) is 24.0 Å². The molecule has 0 atom stereocenters. The lowest BCUT2D eigenvalue weighted by Crippen LogP contribution is -2.45. The summed E-state index contributed by atoms with van der Waals surface area (Å²) in [6, 6.07) is 10.3. The van der Waals surface area contributed by atoms with Crippen molar-refractivity contribution in [1.29, 1.82) is 0 Å². The van der Waals surface area contributed by atoms with E-state index in [1.807, 2.05) is 30.3 Å². The molecule has 0 aliphatic heterocycles. The van der Waals surface area contributed by atoms with Crippen LogP contribution in [0, 0.1) is 0 Å². The summed E-state index contributed by atoms with van der Waals surface area (Å²) in [5.41, 5.74) is 0. The molecule has 27 heavy (non-hydrogen) atoms. The van der Waals surface area contributed by atoms with E-state index < -0.39 is 0 Å². The van der Waals surface area contributed by atoms with E-state index in [1.165, 1.54) is 32.1 Å². The third-order valence-electron chi connectivity index (χ3n) is 4.44. The van der Waals surface area contributed by atoms with Crippen molar-refractivity contribution in [2.75, 3.05) is 33.8 Å². The van der Waals surface area contributed by atoms with Gasteiger partial charge in [0.15, 0.2) is 5.96 Å². The van der Waals surface area contributed by atoms with Gasteiger partial charge in [0.05, 0.1) is 6.61 Å². The van der Waals surface area contributed by atoms with Crippen molar-refractivity contribution in [1.82, 2.24) is 15.5 Å². The minimum atomic E-state index is 0. The molecule has 1 aromatic carbocycles. The molecule has 1 amide bonds. The molecule has 1 saturated carbocycles. The maximum absolute atomic E-state index is 11.8. The lowest BCUT2D eigenvalue weighted by molar-refractivity contribution is -0.127. The number of hydrogen-bond donors (Lipinski definition) is 2. The number of hydrogen-bond acceptors (Lipinski definition) is 3. The van der Waals surface area contributed by atoms with Crippen LogP contribution in [0.1, 0.15) is 38.5 Å². The first kappa shape index (κ1) is 23.5. The molecule has 1 aromatic rings. The zero-order chi connectivity index (χ0) is 18.6. The second kappa shape index (κ2) is 13.6. The van der Waals surface area contributed by atoms with E-state index in [1.54, 1.807) is 19.0 Å². The number of benzene rings is 1. The van der Waals surface area contributed by atoms with E-state index >= 15 is 0 Å². The quantitative estimate of drug-likeness (QED) is 0.256. The maximum Gasteiger partial charge on any atom is 0.243 e. The van der Waals surface area contributed by atoms with Crippen LogP contribution >= 0.6 is 24.0 Å². The molecule has 0 spiro atoms. The number of amides is 1. The molecule has 7 heteroatoms. The van der Waals surface area contributed by atoms with Gasteiger partial charge in [0.25, 0.3) is 0 Å². The van der Waals surface area contributed by atoms with Gasteiger partial charge in [0.2, 0.25) is 5.91 Å². The summed E-state index contributed by atoms with van der Waals surface area (Å²) in [5, 5.41) is 6.82. The van der Waals surface area contributed by atoms with E-state index in [0.29, 0.717) is 12.6 Å². The molecule has 0 heterocycles. The first-order valence-electron chi connectivity index (χ1n) is 9.58. The molecule has 0 aromatic heterocycles. The lowest BCUT2D eigenvalue weighted by atomic mass is 9.96.